The molecule has 2 aromatic rings. The fourth-order valence-corrected chi connectivity index (χ4v) is 5.04. The molecule has 170 valence electrons. The van der Waals surface area contributed by atoms with E-state index in [4.69, 9.17) is 0 Å². The van der Waals surface area contributed by atoms with Crippen LogP contribution in [0.5, 0.6) is 0 Å². The second kappa shape index (κ2) is 10.3. The van der Waals surface area contributed by atoms with Crippen LogP contribution in [0.2, 0.25) is 0 Å². The lowest BCUT2D eigenvalue weighted by molar-refractivity contribution is -0.148. The molecule has 0 aromatic heterocycles. The van der Waals surface area contributed by atoms with Crippen molar-refractivity contribution < 1.29 is 14.7 Å². The molecule has 2 atom stereocenters. The van der Waals surface area contributed by atoms with Crippen molar-refractivity contribution in [3.05, 3.63) is 59.7 Å². The monoisotopic (exact) mass is 434 g/mol. The van der Waals surface area contributed by atoms with Crippen LogP contribution in [0.25, 0.3) is 11.1 Å². The highest BCUT2D eigenvalue weighted by atomic mass is 16.4. The molecule has 4 rings (SSSR count). The van der Waals surface area contributed by atoms with Crippen molar-refractivity contribution in [3.63, 3.8) is 0 Å². The van der Waals surface area contributed by atoms with Gasteiger partial charge in [-0.25, -0.2) is 4.79 Å². The Kier molecular flexibility index (Phi) is 7.26. The average molecular weight is 435 g/mol. The van der Waals surface area contributed by atoms with E-state index in [0.717, 1.165) is 31.0 Å². The fourth-order valence-electron chi connectivity index (χ4n) is 5.04. The molecular formula is C27H34N2O3. The van der Waals surface area contributed by atoms with Crippen LogP contribution in [0.3, 0.4) is 0 Å². The molecule has 2 heterocycles. The number of amides is 1. The summed E-state index contributed by atoms with van der Waals surface area (Å²) in [7, 11) is 0. The largest absolute Gasteiger partial charge is 0.480 e. The molecule has 2 aliphatic rings. The Bertz CT molecular complexity index is 923. The fraction of sp³-hybridized carbons (Fsp3) is 0.481. The Balaban J connectivity index is 1.28. The predicted molar refractivity (Wildman–Crippen MR) is 127 cm³/mol. The molecule has 1 N–H and O–H groups in total. The number of carboxylic acid groups (broad SMARTS) is 1. The molecule has 0 bridgehead atoms. The van der Waals surface area contributed by atoms with Crippen molar-refractivity contribution >= 4 is 11.9 Å². The molecule has 5 nitrogen and oxygen atoms in total. The van der Waals surface area contributed by atoms with Crippen molar-refractivity contribution in [1.82, 2.24) is 9.80 Å². The smallest absolute Gasteiger partial charge is 0.326 e. The topological polar surface area (TPSA) is 60.9 Å². The van der Waals surface area contributed by atoms with E-state index >= 15 is 0 Å². The normalized spacial score (nSPS) is 21.2. The Hall–Kier alpha value is -2.66. The molecule has 32 heavy (non-hydrogen) atoms. The van der Waals surface area contributed by atoms with E-state index in [1.165, 1.54) is 41.0 Å². The van der Waals surface area contributed by atoms with E-state index < -0.39 is 12.0 Å². The standard InChI is InChI=1S/C27H34N2O3/c1-20-4-2-17-28(20)19-16-22-8-13-24(14-9-22)23-11-6-21(7-12-23)10-15-26(30)29-18-3-5-25(29)27(31)32/h6-9,11-14,20,25H,2-5,10,15-19H2,1H3,(H,31,32). The molecular weight excluding hydrogens is 400 g/mol. The zero-order valence-electron chi connectivity index (χ0n) is 19.0. The van der Waals surface area contributed by atoms with Crippen molar-refractivity contribution in [2.45, 2.75) is 64.0 Å². The van der Waals surface area contributed by atoms with Gasteiger partial charge in [-0.1, -0.05) is 48.5 Å². The van der Waals surface area contributed by atoms with Crippen molar-refractivity contribution in [2.24, 2.45) is 0 Å². The summed E-state index contributed by atoms with van der Waals surface area (Å²) < 4.78 is 0. The third kappa shape index (κ3) is 5.39. The van der Waals surface area contributed by atoms with E-state index in [9.17, 15) is 14.7 Å². The molecule has 0 aliphatic carbocycles. The van der Waals surface area contributed by atoms with Crippen molar-refractivity contribution in [3.8, 4) is 11.1 Å². The number of benzene rings is 2. The molecule has 2 aliphatic heterocycles. The first-order valence-electron chi connectivity index (χ1n) is 12.0. The van der Waals surface area contributed by atoms with Crippen LogP contribution in [0.1, 0.15) is 50.2 Å². The third-order valence-electron chi connectivity index (χ3n) is 7.11. The van der Waals surface area contributed by atoms with Crippen LogP contribution < -0.4 is 0 Å². The number of likely N-dealkylation sites (tertiary alicyclic amines) is 2. The highest BCUT2D eigenvalue weighted by molar-refractivity contribution is 5.84. The Labute approximate surface area is 191 Å². The molecule has 2 fully saturated rings. The van der Waals surface area contributed by atoms with Gasteiger partial charge < -0.3 is 14.9 Å². The number of carbonyl (C=O) groups is 2. The van der Waals surface area contributed by atoms with Crippen LogP contribution in [-0.4, -0.2) is 58.5 Å². The van der Waals surface area contributed by atoms with E-state index in [-0.39, 0.29) is 5.91 Å². The number of aryl methyl sites for hydroxylation is 1. The number of carboxylic acids is 1. The maximum Gasteiger partial charge on any atom is 0.326 e. The van der Waals surface area contributed by atoms with E-state index in [1.807, 2.05) is 0 Å². The summed E-state index contributed by atoms with van der Waals surface area (Å²) in [5.74, 6) is -0.949. The average Bonchev–Trinajstić information content (AvgIpc) is 3.46. The van der Waals surface area contributed by atoms with Gasteiger partial charge in [0.05, 0.1) is 0 Å². The first kappa shape index (κ1) is 22.5. The van der Waals surface area contributed by atoms with Gasteiger partial charge in [0.2, 0.25) is 5.91 Å². The van der Waals surface area contributed by atoms with Crippen molar-refractivity contribution in [1.29, 1.82) is 0 Å². The lowest BCUT2D eigenvalue weighted by Crippen LogP contribution is -2.40. The zero-order valence-corrected chi connectivity index (χ0v) is 19.0. The molecule has 2 saturated heterocycles. The maximum atomic E-state index is 12.5. The SMILES string of the molecule is CC1CCCN1CCc1ccc(-c2ccc(CCC(=O)N3CCCC3C(=O)O)cc2)cc1. The molecule has 0 saturated carbocycles. The van der Waals surface area contributed by atoms with E-state index in [0.29, 0.717) is 25.8 Å². The summed E-state index contributed by atoms with van der Waals surface area (Å²) in [5.41, 5.74) is 4.85. The van der Waals surface area contributed by atoms with Crippen LogP contribution in [-0.2, 0) is 22.4 Å². The Morgan fingerprint density at radius 1 is 0.875 bits per heavy atom. The highest BCUT2D eigenvalue weighted by Crippen LogP contribution is 2.23. The van der Waals surface area contributed by atoms with Crippen LogP contribution >= 0.6 is 0 Å². The summed E-state index contributed by atoms with van der Waals surface area (Å²) in [6.07, 6.45) is 6.07. The number of nitrogens with zero attached hydrogens (tertiary/aromatic N) is 2. The van der Waals surface area contributed by atoms with Gasteiger partial charge in [-0.15, -0.1) is 0 Å². The second-order valence-corrected chi connectivity index (χ2v) is 9.25. The maximum absolute atomic E-state index is 12.5. The summed E-state index contributed by atoms with van der Waals surface area (Å²) in [6.45, 7) is 5.25. The molecule has 2 aromatic carbocycles. The molecule has 0 spiro atoms. The quantitative estimate of drug-likeness (QED) is 0.669. The highest BCUT2D eigenvalue weighted by Gasteiger charge is 2.33. The minimum absolute atomic E-state index is 0.0575. The first-order chi connectivity index (χ1) is 15.5. The van der Waals surface area contributed by atoms with Gasteiger partial charge >= 0.3 is 5.97 Å². The molecule has 1 amide bonds. The van der Waals surface area contributed by atoms with Gasteiger partial charge in [-0.3, -0.25) is 4.79 Å². The molecule has 2 unspecified atom stereocenters. The van der Waals surface area contributed by atoms with E-state index in [2.05, 4.69) is 60.4 Å². The summed E-state index contributed by atoms with van der Waals surface area (Å²) in [4.78, 5) is 27.9. The lowest BCUT2D eigenvalue weighted by Gasteiger charge is -2.21. The Morgan fingerprint density at radius 3 is 2.03 bits per heavy atom. The number of carbonyl (C=O) groups excluding carboxylic acids is 1. The predicted octanol–water partition coefficient (Wildman–Crippen LogP) is 4.39. The number of rotatable bonds is 8. The van der Waals surface area contributed by atoms with Crippen LogP contribution in [0, 0.1) is 0 Å². The summed E-state index contributed by atoms with van der Waals surface area (Å²) in [5, 5.41) is 9.27. The molecule has 0 radical (unpaired) electrons. The zero-order chi connectivity index (χ0) is 22.5. The number of hydrogen-bond acceptors (Lipinski definition) is 3. The minimum Gasteiger partial charge on any atom is -0.480 e. The van der Waals surface area contributed by atoms with Gasteiger partial charge in [0, 0.05) is 25.6 Å². The lowest BCUT2D eigenvalue weighted by atomic mass is 10.00. The van der Waals surface area contributed by atoms with Gasteiger partial charge in [-0.2, -0.15) is 0 Å². The van der Waals surface area contributed by atoms with Crippen LogP contribution in [0.4, 0.5) is 0 Å². The van der Waals surface area contributed by atoms with Gasteiger partial charge in [0.1, 0.15) is 6.04 Å². The third-order valence-corrected chi connectivity index (χ3v) is 7.11. The second-order valence-electron chi connectivity index (χ2n) is 9.25. The minimum atomic E-state index is -0.892. The number of aliphatic carboxylic acids is 1. The molecule has 5 heteroatoms. The van der Waals surface area contributed by atoms with E-state index in [1.54, 1.807) is 0 Å². The number of hydrogen-bond donors (Lipinski definition) is 1. The Morgan fingerprint density at radius 2 is 1.47 bits per heavy atom. The first-order valence-corrected chi connectivity index (χ1v) is 12.0. The summed E-state index contributed by atoms with van der Waals surface area (Å²) >= 11 is 0. The van der Waals surface area contributed by atoms with Gasteiger partial charge in [0.15, 0.2) is 0 Å². The van der Waals surface area contributed by atoms with Gasteiger partial charge in [0.25, 0.3) is 0 Å². The van der Waals surface area contributed by atoms with Gasteiger partial charge in [-0.05, 0) is 74.2 Å². The van der Waals surface area contributed by atoms with Crippen molar-refractivity contribution in [2.75, 3.05) is 19.6 Å². The summed E-state index contributed by atoms with van der Waals surface area (Å²) in [6, 6.07) is 17.3. The van der Waals surface area contributed by atoms with Crippen LogP contribution in [0.15, 0.2) is 48.5 Å².